The molecular formula is C17H16N4O3S. The average Bonchev–Trinajstić information content (AvgIpc) is 3.15. The van der Waals surface area contributed by atoms with Crippen LogP contribution in [-0.4, -0.2) is 21.4 Å². The molecule has 3 N–H and O–H groups in total. The zero-order valence-electron chi connectivity index (χ0n) is 13.6. The number of imidazole rings is 1. The maximum Gasteiger partial charge on any atom is 0.288 e. The number of hydrogen-bond donors (Lipinski definition) is 3. The zero-order valence-corrected chi connectivity index (χ0v) is 14.4. The third-order valence-corrected chi connectivity index (χ3v) is 3.90. The standard InChI is InChI=1S/C17H16N4O3S/c1-10-8-13(11(2)24-10)15(22)19-20-16(23)14-9-18-17(25)21(14)12-6-4-3-5-7-12/h3-9H,1-2H3,(H,18,25)(H,19,22)(H,20,23). The van der Waals surface area contributed by atoms with Gasteiger partial charge in [-0.1, -0.05) is 18.2 Å². The summed E-state index contributed by atoms with van der Waals surface area (Å²) in [4.78, 5) is 27.4. The summed E-state index contributed by atoms with van der Waals surface area (Å²) in [7, 11) is 0. The van der Waals surface area contributed by atoms with E-state index in [1.54, 1.807) is 24.5 Å². The largest absolute Gasteiger partial charge is 0.466 e. The molecule has 0 aliphatic carbocycles. The highest BCUT2D eigenvalue weighted by atomic mass is 32.1. The Morgan fingerprint density at radius 1 is 1.12 bits per heavy atom. The van der Waals surface area contributed by atoms with Gasteiger partial charge in [0.05, 0.1) is 5.56 Å². The number of hydrazine groups is 1. The Labute approximate surface area is 148 Å². The number of carbonyl (C=O) groups is 2. The van der Waals surface area contributed by atoms with Gasteiger partial charge in [-0.2, -0.15) is 0 Å². The summed E-state index contributed by atoms with van der Waals surface area (Å²) in [6.07, 6.45) is 1.49. The Kier molecular flexibility index (Phi) is 4.53. The van der Waals surface area contributed by atoms with Crippen LogP contribution in [0.2, 0.25) is 0 Å². The lowest BCUT2D eigenvalue weighted by Gasteiger charge is -2.09. The van der Waals surface area contributed by atoms with E-state index in [1.807, 2.05) is 30.3 Å². The van der Waals surface area contributed by atoms with Crippen molar-refractivity contribution in [3.05, 3.63) is 70.1 Å². The third kappa shape index (κ3) is 3.38. The molecule has 25 heavy (non-hydrogen) atoms. The highest BCUT2D eigenvalue weighted by Crippen LogP contribution is 2.14. The Morgan fingerprint density at radius 2 is 1.80 bits per heavy atom. The number of aromatic nitrogens is 2. The van der Waals surface area contributed by atoms with E-state index >= 15 is 0 Å². The molecule has 8 heteroatoms. The minimum absolute atomic E-state index is 0.275. The van der Waals surface area contributed by atoms with Crippen molar-refractivity contribution in [3.63, 3.8) is 0 Å². The van der Waals surface area contributed by atoms with E-state index in [1.165, 1.54) is 6.20 Å². The van der Waals surface area contributed by atoms with E-state index in [0.717, 1.165) is 5.69 Å². The second-order valence-corrected chi connectivity index (χ2v) is 5.77. The lowest BCUT2D eigenvalue weighted by atomic mass is 10.2. The minimum Gasteiger partial charge on any atom is -0.466 e. The molecule has 1 aromatic carbocycles. The van der Waals surface area contributed by atoms with Gasteiger partial charge < -0.3 is 9.40 Å². The fourth-order valence-corrected chi connectivity index (χ4v) is 2.73. The number of amides is 2. The molecule has 0 unspecified atom stereocenters. The number of H-pyrrole nitrogens is 1. The quantitative estimate of drug-likeness (QED) is 0.497. The van der Waals surface area contributed by atoms with Gasteiger partial charge in [-0.3, -0.25) is 25.0 Å². The molecule has 0 spiro atoms. The first-order valence-electron chi connectivity index (χ1n) is 7.51. The normalized spacial score (nSPS) is 10.5. The molecule has 0 aliphatic rings. The van der Waals surface area contributed by atoms with Gasteiger partial charge in [0.2, 0.25) is 0 Å². The topological polar surface area (TPSA) is 92.1 Å². The lowest BCUT2D eigenvalue weighted by molar-refractivity contribution is 0.0842. The summed E-state index contributed by atoms with van der Waals surface area (Å²) in [6, 6.07) is 10.8. The summed E-state index contributed by atoms with van der Waals surface area (Å²) < 4.78 is 7.28. The molecule has 0 saturated carbocycles. The molecule has 0 saturated heterocycles. The zero-order chi connectivity index (χ0) is 18.0. The summed E-state index contributed by atoms with van der Waals surface area (Å²) in [5.41, 5.74) is 6.15. The highest BCUT2D eigenvalue weighted by molar-refractivity contribution is 7.71. The van der Waals surface area contributed by atoms with Gasteiger partial charge in [0.1, 0.15) is 17.2 Å². The molecule has 2 amide bonds. The Morgan fingerprint density at radius 3 is 2.44 bits per heavy atom. The lowest BCUT2D eigenvalue weighted by Crippen LogP contribution is -2.42. The van der Waals surface area contributed by atoms with Gasteiger partial charge in [-0.25, -0.2) is 0 Å². The number of carbonyl (C=O) groups excluding carboxylic acids is 2. The average molecular weight is 356 g/mol. The van der Waals surface area contributed by atoms with E-state index in [0.29, 0.717) is 21.9 Å². The van der Waals surface area contributed by atoms with Crippen LogP contribution < -0.4 is 10.9 Å². The van der Waals surface area contributed by atoms with E-state index in [2.05, 4.69) is 15.8 Å². The van der Waals surface area contributed by atoms with Crippen LogP contribution in [0.5, 0.6) is 0 Å². The molecular weight excluding hydrogens is 340 g/mol. The van der Waals surface area contributed by atoms with Crippen LogP contribution in [0.1, 0.15) is 32.4 Å². The predicted molar refractivity (Wildman–Crippen MR) is 94.1 cm³/mol. The first-order valence-corrected chi connectivity index (χ1v) is 7.92. The molecule has 0 bridgehead atoms. The molecule has 2 aromatic heterocycles. The first kappa shape index (κ1) is 16.7. The Balaban J connectivity index is 1.78. The van der Waals surface area contributed by atoms with Crippen molar-refractivity contribution in [2.75, 3.05) is 0 Å². The Bertz CT molecular complexity index is 985. The van der Waals surface area contributed by atoms with Crippen molar-refractivity contribution in [1.82, 2.24) is 20.4 Å². The van der Waals surface area contributed by atoms with Gasteiger partial charge in [0.25, 0.3) is 11.8 Å². The van der Waals surface area contributed by atoms with Gasteiger partial charge >= 0.3 is 0 Å². The number of para-hydroxylation sites is 1. The molecule has 0 aliphatic heterocycles. The smallest absolute Gasteiger partial charge is 0.288 e. The van der Waals surface area contributed by atoms with Crippen LogP contribution in [-0.2, 0) is 0 Å². The van der Waals surface area contributed by atoms with Crippen LogP contribution in [0.3, 0.4) is 0 Å². The molecule has 0 radical (unpaired) electrons. The van der Waals surface area contributed by atoms with Crippen molar-refractivity contribution in [2.24, 2.45) is 0 Å². The maximum atomic E-state index is 12.4. The molecule has 3 rings (SSSR count). The number of hydrogen-bond acceptors (Lipinski definition) is 4. The summed E-state index contributed by atoms with van der Waals surface area (Å²) in [5, 5.41) is 0. The van der Waals surface area contributed by atoms with Gasteiger partial charge in [0.15, 0.2) is 4.77 Å². The second-order valence-electron chi connectivity index (χ2n) is 5.39. The molecule has 0 fully saturated rings. The van der Waals surface area contributed by atoms with Crippen LogP contribution >= 0.6 is 12.2 Å². The summed E-state index contributed by atoms with van der Waals surface area (Å²) >= 11 is 5.23. The number of furan rings is 1. The number of nitrogens with zero attached hydrogens (tertiary/aromatic N) is 1. The number of nitrogens with one attached hydrogen (secondary N) is 3. The number of rotatable bonds is 3. The predicted octanol–water partition coefficient (Wildman–Crippen LogP) is 2.82. The van der Waals surface area contributed by atoms with Crippen molar-refractivity contribution >= 4 is 24.0 Å². The highest BCUT2D eigenvalue weighted by Gasteiger charge is 2.17. The Hall–Kier alpha value is -3.13. The van der Waals surface area contributed by atoms with Crippen molar-refractivity contribution in [3.8, 4) is 5.69 Å². The second kappa shape index (κ2) is 6.78. The summed E-state index contributed by atoms with van der Waals surface area (Å²) in [5.74, 6) is 0.154. The summed E-state index contributed by atoms with van der Waals surface area (Å²) in [6.45, 7) is 3.43. The maximum absolute atomic E-state index is 12.4. The number of aryl methyl sites for hydroxylation is 2. The fraction of sp³-hybridized carbons (Fsp3) is 0.118. The third-order valence-electron chi connectivity index (χ3n) is 3.60. The monoisotopic (exact) mass is 356 g/mol. The molecule has 2 heterocycles. The molecule has 0 atom stereocenters. The van der Waals surface area contributed by atoms with E-state index in [9.17, 15) is 9.59 Å². The van der Waals surface area contributed by atoms with E-state index in [-0.39, 0.29) is 5.69 Å². The van der Waals surface area contributed by atoms with Crippen molar-refractivity contribution in [2.45, 2.75) is 13.8 Å². The van der Waals surface area contributed by atoms with Crippen LogP contribution in [0.15, 0.2) is 47.0 Å². The van der Waals surface area contributed by atoms with Gasteiger partial charge in [-0.05, 0) is 44.3 Å². The van der Waals surface area contributed by atoms with Gasteiger partial charge in [-0.15, -0.1) is 0 Å². The molecule has 3 aromatic rings. The van der Waals surface area contributed by atoms with Crippen LogP contribution in [0, 0.1) is 18.6 Å². The molecule has 7 nitrogen and oxygen atoms in total. The molecule has 128 valence electrons. The minimum atomic E-state index is -0.498. The van der Waals surface area contributed by atoms with Crippen LogP contribution in [0.25, 0.3) is 5.69 Å². The fourth-order valence-electron chi connectivity index (χ4n) is 2.47. The number of benzene rings is 1. The van der Waals surface area contributed by atoms with Crippen molar-refractivity contribution < 1.29 is 14.0 Å². The first-order chi connectivity index (χ1) is 12.0. The van der Waals surface area contributed by atoms with Crippen molar-refractivity contribution in [1.29, 1.82) is 0 Å². The van der Waals surface area contributed by atoms with E-state index in [4.69, 9.17) is 16.6 Å². The van der Waals surface area contributed by atoms with Crippen LogP contribution in [0.4, 0.5) is 0 Å². The SMILES string of the molecule is Cc1cc(C(=O)NNC(=O)c2c[nH]c(=S)n2-c2ccccc2)c(C)o1. The van der Waals surface area contributed by atoms with Gasteiger partial charge in [0, 0.05) is 11.9 Å². The number of aromatic amines is 1. The van der Waals surface area contributed by atoms with E-state index < -0.39 is 11.8 Å².